The van der Waals surface area contributed by atoms with E-state index in [-0.39, 0.29) is 12.4 Å². The number of urea groups is 1. The number of halogens is 4. The van der Waals surface area contributed by atoms with Crippen LogP contribution >= 0.6 is 12.4 Å². The van der Waals surface area contributed by atoms with E-state index in [1.807, 2.05) is 28.8 Å². The fourth-order valence-electron chi connectivity index (χ4n) is 2.89. The minimum absolute atomic E-state index is 0. The summed E-state index contributed by atoms with van der Waals surface area (Å²) >= 11 is 0. The van der Waals surface area contributed by atoms with Gasteiger partial charge >= 0.3 is 12.2 Å². The van der Waals surface area contributed by atoms with Crippen LogP contribution in [0.2, 0.25) is 0 Å². The van der Waals surface area contributed by atoms with E-state index in [0.29, 0.717) is 17.2 Å². The van der Waals surface area contributed by atoms with Gasteiger partial charge in [-0.05, 0) is 30.3 Å². The zero-order chi connectivity index (χ0) is 21.1. The number of carbonyl (C=O) groups is 1. The molecule has 11 heteroatoms. The fourth-order valence-corrected chi connectivity index (χ4v) is 2.89. The van der Waals surface area contributed by atoms with Gasteiger partial charge in [-0.1, -0.05) is 12.1 Å². The van der Waals surface area contributed by atoms with Gasteiger partial charge < -0.3 is 10.6 Å². The lowest BCUT2D eigenvalue weighted by atomic mass is 10.1. The van der Waals surface area contributed by atoms with E-state index in [1.165, 1.54) is 0 Å². The number of aromatic nitrogens is 4. The molecule has 2 N–H and O–H groups in total. The van der Waals surface area contributed by atoms with Crippen LogP contribution in [0.4, 0.5) is 23.7 Å². The Kier molecular flexibility index (Phi) is 6.40. The molecule has 31 heavy (non-hydrogen) atoms. The van der Waals surface area contributed by atoms with Crippen molar-refractivity contribution in [3.63, 3.8) is 0 Å². The van der Waals surface area contributed by atoms with Gasteiger partial charge in [-0.25, -0.2) is 19.7 Å². The molecule has 0 aliphatic carbocycles. The van der Waals surface area contributed by atoms with E-state index in [1.54, 1.807) is 48.2 Å². The second kappa shape index (κ2) is 9.00. The summed E-state index contributed by atoms with van der Waals surface area (Å²) in [5.41, 5.74) is 3.34. The maximum Gasteiger partial charge on any atom is 0.405 e. The third-order valence-corrected chi connectivity index (χ3v) is 4.20. The van der Waals surface area contributed by atoms with Gasteiger partial charge in [0, 0.05) is 35.4 Å². The number of rotatable bonds is 4. The zero-order valence-corrected chi connectivity index (χ0v) is 16.6. The average Bonchev–Trinajstić information content (AvgIpc) is 3.16. The van der Waals surface area contributed by atoms with Crippen LogP contribution in [0.25, 0.3) is 28.3 Å². The highest BCUT2D eigenvalue weighted by Crippen LogP contribution is 2.25. The van der Waals surface area contributed by atoms with Crippen molar-refractivity contribution in [2.75, 3.05) is 11.9 Å². The van der Waals surface area contributed by atoms with Crippen LogP contribution in [0.1, 0.15) is 0 Å². The second-order valence-corrected chi connectivity index (χ2v) is 6.36. The van der Waals surface area contributed by atoms with Crippen molar-refractivity contribution in [3.8, 4) is 22.6 Å². The molecule has 3 heterocycles. The Balaban J connectivity index is 0.00000272. The Bertz CT molecular complexity index is 1200. The molecule has 0 bridgehead atoms. The molecule has 160 valence electrons. The Morgan fingerprint density at radius 1 is 1.00 bits per heavy atom. The molecule has 0 unspecified atom stereocenters. The number of fused-ring (bicyclic) bond motifs is 1. The van der Waals surface area contributed by atoms with Crippen molar-refractivity contribution in [2.45, 2.75) is 6.18 Å². The zero-order valence-electron chi connectivity index (χ0n) is 15.8. The van der Waals surface area contributed by atoms with E-state index >= 15 is 0 Å². The van der Waals surface area contributed by atoms with Crippen molar-refractivity contribution < 1.29 is 18.0 Å². The molecule has 0 atom stereocenters. The summed E-state index contributed by atoms with van der Waals surface area (Å²) in [5, 5.41) is 4.17. The number of imidazole rings is 1. The first kappa shape index (κ1) is 22.0. The molecule has 4 aromatic rings. The van der Waals surface area contributed by atoms with Gasteiger partial charge in [-0.2, -0.15) is 13.2 Å². The van der Waals surface area contributed by atoms with E-state index in [0.717, 1.165) is 16.8 Å². The first-order chi connectivity index (χ1) is 14.4. The SMILES string of the molecule is Cl.O=C(NCC(F)(F)F)Nc1cccc(-c2cnc3cc(-c4ncccn4)ccn23)c1. The lowest BCUT2D eigenvalue weighted by Crippen LogP contribution is -2.36. The second-order valence-electron chi connectivity index (χ2n) is 6.36. The molecule has 0 fully saturated rings. The Hall–Kier alpha value is -3.66. The third kappa shape index (κ3) is 5.28. The lowest BCUT2D eigenvalue weighted by Gasteiger charge is -2.11. The highest BCUT2D eigenvalue weighted by molar-refractivity contribution is 5.90. The minimum atomic E-state index is -4.47. The summed E-state index contributed by atoms with van der Waals surface area (Å²) in [4.78, 5) is 24.6. The summed E-state index contributed by atoms with van der Waals surface area (Å²) in [6.45, 7) is -1.40. The van der Waals surface area contributed by atoms with Crippen molar-refractivity contribution in [2.24, 2.45) is 0 Å². The van der Waals surface area contributed by atoms with Gasteiger partial charge in [0.15, 0.2) is 5.82 Å². The molecule has 0 aliphatic heterocycles. The molecule has 7 nitrogen and oxygen atoms in total. The van der Waals surface area contributed by atoms with Gasteiger partial charge in [-0.15, -0.1) is 12.4 Å². The normalized spacial score (nSPS) is 11.1. The Labute approximate surface area is 180 Å². The Morgan fingerprint density at radius 3 is 2.52 bits per heavy atom. The molecule has 2 amide bonds. The van der Waals surface area contributed by atoms with Crippen LogP contribution in [0.3, 0.4) is 0 Å². The summed E-state index contributed by atoms with van der Waals surface area (Å²) in [7, 11) is 0. The summed E-state index contributed by atoms with van der Waals surface area (Å²) in [6, 6.07) is 11.3. The van der Waals surface area contributed by atoms with Crippen LogP contribution < -0.4 is 10.6 Å². The van der Waals surface area contributed by atoms with Crippen molar-refractivity contribution in [3.05, 3.63) is 67.3 Å². The summed E-state index contributed by atoms with van der Waals surface area (Å²) in [5.74, 6) is 0.584. The maximum atomic E-state index is 12.2. The highest BCUT2D eigenvalue weighted by Gasteiger charge is 2.27. The molecular weight excluding hydrogens is 433 g/mol. The highest BCUT2D eigenvalue weighted by atomic mass is 35.5. The van der Waals surface area contributed by atoms with Crippen molar-refractivity contribution in [1.29, 1.82) is 0 Å². The van der Waals surface area contributed by atoms with Gasteiger partial charge in [0.1, 0.15) is 12.2 Å². The summed E-state index contributed by atoms with van der Waals surface area (Å²) < 4.78 is 38.5. The number of nitrogens with one attached hydrogen (secondary N) is 2. The van der Waals surface area contributed by atoms with Crippen molar-refractivity contribution in [1.82, 2.24) is 24.7 Å². The third-order valence-electron chi connectivity index (χ3n) is 4.20. The largest absolute Gasteiger partial charge is 0.405 e. The number of pyridine rings is 1. The van der Waals surface area contributed by atoms with E-state index in [2.05, 4.69) is 20.3 Å². The Morgan fingerprint density at radius 2 is 1.77 bits per heavy atom. The number of carbonyl (C=O) groups excluding carboxylic acids is 1. The molecule has 0 spiro atoms. The van der Waals surface area contributed by atoms with E-state index in [4.69, 9.17) is 0 Å². The molecule has 0 saturated carbocycles. The van der Waals surface area contributed by atoms with Crippen LogP contribution in [0, 0.1) is 0 Å². The average molecular weight is 449 g/mol. The molecule has 0 radical (unpaired) electrons. The molecular formula is C20H16ClF3N6O. The molecule has 1 aromatic carbocycles. The smallest absolute Gasteiger partial charge is 0.329 e. The van der Waals surface area contributed by atoms with E-state index in [9.17, 15) is 18.0 Å². The van der Waals surface area contributed by atoms with E-state index < -0.39 is 18.8 Å². The first-order valence-electron chi connectivity index (χ1n) is 8.86. The van der Waals surface area contributed by atoms with Gasteiger partial charge in [0.25, 0.3) is 0 Å². The number of hydrogen-bond acceptors (Lipinski definition) is 4. The molecule has 3 aromatic heterocycles. The number of anilines is 1. The van der Waals surface area contributed by atoms with Crippen LogP contribution in [0.15, 0.2) is 67.3 Å². The topological polar surface area (TPSA) is 84.2 Å². The molecule has 0 aliphatic rings. The van der Waals surface area contributed by atoms with Crippen LogP contribution in [-0.4, -0.2) is 38.1 Å². The maximum absolute atomic E-state index is 12.2. The van der Waals surface area contributed by atoms with Crippen LogP contribution in [-0.2, 0) is 0 Å². The lowest BCUT2D eigenvalue weighted by molar-refractivity contribution is -0.122. The number of hydrogen-bond donors (Lipinski definition) is 2. The predicted octanol–water partition coefficient (Wildman–Crippen LogP) is 4.56. The standard InChI is InChI=1S/C20H15F3N6O.ClH/c21-20(22,23)12-27-19(30)28-15-4-1-3-13(9-15)16-11-26-17-10-14(5-8-29(16)17)18-24-6-2-7-25-18;/h1-11H,12H2,(H2,27,28,30);1H. The number of alkyl halides is 3. The first-order valence-corrected chi connectivity index (χ1v) is 8.86. The van der Waals surface area contributed by atoms with Gasteiger partial charge in [0.2, 0.25) is 0 Å². The van der Waals surface area contributed by atoms with Gasteiger partial charge in [0.05, 0.1) is 11.9 Å². The predicted molar refractivity (Wildman–Crippen MR) is 112 cm³/mol. The quantitative estimate of drug-likeness (QED) is 0.479. The number of amides is 2. The molecule has 4 rings (SSSR count). The molecule has 0 saturated heterocycles. The minimum Gasteiger partial charge on any atom is -0.329 e. The van der Waals surface area contributed by atoms with Crippen molar-refractivity contribution >= 4 is 29.8 Å². The van der Waals surface area contributed by atoms with Gasteiger partial charge in [-0.3, -0.25) is 4.40 Å². The monoisotopic (exact) mass is 448 g/mol. The summed E-state index contributed by atoms with van der Waals surface area (Å²) in [6.07, 6.45) is 2.35. The number of benzene rings is 1. The number of nitrogens with zero attached hydrogens (tertiary/aromatic N) is 4. The van der Waals surface area contributed by atoms with Crippen LogP contribution in [0.5, 0.6) is 0 Å². The fraction of sp³-hybridized carbons (Fsp3) is 0.100.